The maximum Gasteiger partial charge on any atom is 0.251 e. The van der Waals surface area contributed by atoms with E-state index in [0.717, 1.165) is 38.3 Å². The number of nitrogen functional groups attached to an aromatic ring is 1. The fourth-order valence-corrected chi connectivity index (χ4v) is 2.71. The summed E-state index contributed by atoms with van der Waals surface area (Å²) < 4.78 is 0. The van der Waals surface area contributed by atoms with Gasteiger partial charge in [-0.2, -0.15) is 0 Å². The van der Waals surface area contributed by atoms with Crippen LogP contribution in [0.2, 0.25) is 0 Å². The molecule has 1 aromatic heterocycles. The summed E-state index contributed by atoms with van der Waals surface area (Å²) in [5, 5.41) is 3.03. The Morgan fingerprint density at radius 3 is 2.90 bits per heavy atom. The van der Waals surface area contributed by atoms with Gasteiger partial charge in [-0.3, -0.25) is 4.79 Å². The second kappa shape index (κ2) is 6.89. The molecule has 1 atom stereocenters. The monoisotopic (exact) mass is 290 g/mol. The first-order chi connectivity index (χ1) is 9.99. The van der Waals surface area contributed by atoms with Gasteiger partial charge in [-0.05, 0) is 43.5 Å². The summed E-state index contributed by atoms with van der Waals surface area (Å²) in [5.41, 5.74) is 7.26. The number of nitrogens with zero attached hydrogens (tertiary/aromatic N) is 2. The van der Waals surface area contributed by atoms with E-state index in [-0.39, 0.29) is 11.8 Å². The van der Waals surface area contributed by atoms with Crippen LogP contribution in [0, 0.1) is 5.92 Å². The number of amides is 1. The van der Waals surface area contributed by atoms with E-state index >= 15 is 0 Å². The lowest BCUT2D eigenvalue weighted by Crippen LogP contribution is -2.31. The first kappa shape index (κ1) is 15.8. The lowest BCUT2D eigenvalue weighted by atomic mass is 10.1. The number of carbonyl (C=O) groups is 1. The van der Waals surface area contributed by atoms with E-state index in [0.29, 0.717) is 17.3 Å². The molecule has 0 aliphatic carbocycles. The molecule has 3 N–H and O–H groups in total. The average molecular weight is 290 g/mol. The largest absolute Gasteiger partial charge is 0.384 e. The average Bonchev–Trinajstić information content (AvgIpc) is 2.92. The van der Waals surface area contributed by atoms with Gasteiger partial charge in [0.1, 0.15) is 5.82 Å². The van der Waals surface area contributed by atoms with Crippen molar-refractivity contribution in [2.24, 2.45) is 5.92 Å². The summed E-state index contributed by atoms with van der Waals surface area (Å²) in [6, 6.07) is 3.48. The summed E-state index contributed by atoms with van der Waals surface area (Å²) in [6.45, 7) is 10.3. The molecular formula is C16H26N4O. The molecule has 116 valence electrons. The van der Waals surface area contributed by atoms with Gasteiger partial charge in [0, 0.05) is 24.3 Å². The molecule has 0 aromatic carbocycles. The molecule has 1 amide bonds. The number of nitrogens with one attached hydrogen (secondary N) is 1. The summed E-state index contributed by atoms with van der Waals surface area (Å²) in [7, 11) is 0. The molecule has 0 spiro atoms. The number of carbonyl (C=O) groups excluding carboxylic acids is 1. The van der Waals surface area contributed by atoms with Crippen LogP contribution in [0.5, 0.6) is 0 Å². The van der Waals surface area contributed by atoms with E-state index < -0.39 is 0 Å². The van der Waals surface area contributed by atoms with Gasteiger partial charge >= 0.3 is 0 Å². The van der Waals surface area contributed by atoms with Crippen molar-refractivity contribution in [1.82, 2.24) is 15.2 Å². The highest BCUT2D eigenvalue weighted by Crippen LogP contribution is 2.17. The number of nitrogens with two attached hydrogens (primary N) is 1. The van der Waals surface area contributed by atoms with Gasteiger partial charge in [-0.25, -0.2) is 4.98 Å². The van der Waals surface area contributed by atoms with Gasteiger partial charge in [-0.15, -0.1) is 0 Å². The smallest absolute Gasteiger partial charge is 0.251 e. The number of hydrogen-bond acceptors (Lipinski definition) is 4. The SMILES string of the molecule is CCN1CCC(CNC(=O)c2cc(N)nc(C(C)C)c2)C1. The molecule has 2 rings (SSSR count). The minimum atomic E-state index is -0.0547. The van der Waals surface area contributed by atoms with E-state index in [1.54, 1.807) is 6.07 Å². The van der Waals surface area contributed by atoms with Crippen LogP contribution >= 0.6 is 0 Å². The second-order valence-corrected chi connectivity index (χ2v) is 6.12. The maximum atomic E-state index is 12.3. The molecule has 1 aromatic rings. The lowest BCUT2D eigenvalue weighted by Gasteiger charge is -2.14. The molecular weight excluding hydrogens is 264 g/mol. The van der Waals surface area contributed by atoms with E-state index in [2.05, 4.69) is 22.1 Å². The molecule has 0 bridgehead atoms. The van der Waals surface area contributed by atoms with Crippen molar-refractivity contribution >= 4 is 11.7 Å². The van der Waals surface area contributed by atoms with Crippen LogP contribution in [0.4, 0.5) is 5.82 Å². The predicted molar refractivity (Wildman–Crippen MR) is 85.3 cm³/mol. The van der Waals surface area contributed by atoms with Crippen molar-refractivity contribution < 1.29 is 4.79 Å². The van der Waals surface area contributed by atoms with Gasteiger partial charge in [0.25, 0.3) is 5.91 Å². The summed E-state index contributed by atoms with van der Waals surface area (Å²) in [5.74, 6) is 1.16. The van der Waals surface area contributed by atoms with Crippen LogP contribution < -0.4 is 11.1 Å². The van der Waals surface area contributed by atoms with Gasteiger partial charge in [-0.1, -0.05) is 20.8 Å². The minimum Gasteiger partial charge on any atom is -0.384 e. The van der Waals surface area contributed by atoms with Crippen molar-refractivity contribution in [1.29, 1.82) is 0 Å². The quantitative estimate of drug-likeness (QED) is 0.868. The number of hydrogen-bond donors (Lipinski definition) is 2. The number of pyridine rings is 1. The Labute approximate surface area is 126 Å². The number of aromatic nitrogens is 1. The maximum absolute atomic E-state index is 12.3. The fraction of sp³-hybridized carbons (Fsp3) is 0.625. The molecule has 1 saturated heterocycles. The lowest BCUT2D eigenvalue weighted by molar-refractivity contribution is 0.0947. The van der Waals surface area contributed by atoms with Crippen molar-refractivity contribution in [2.75, 3.05) is 31.9 Å². The summed E-state index contributed by atoms with van der Waals surface area (Å²) in [6.07, 6.45) is 1.16. The van der Waals surface area contributed by atoms with Crippen LogP contribution in [0.15, 0.2) is 12.1 Å². The van der Waals surface area contributed by atoms with E-state index in [1.807, 2.05) is 19.9 Å². The number of rotatable bonds is 5. The van der Waals surface area contributed by atoms with Crippen molar-refractivity contribution in [2.45, 2.75) is 33.1 Å². The van der Waals surface area contributed by atoms with Crippen LogP contribution in [0.1, 0.15) is 49.2 Å². The predicted octanol–water partition coefficient (Wildman–Crippen LogP) is 1.86. The molecule has 5 heteroatoms. The van der Waals surface area contributed by atoms with Crippen molar-refractivity contribution in [3.8, 4) is 0 Å². The zero-order valence-electron chi connectivity index (χ0n) is 13.2. The Balaban J connectivity index is 1.94. The topological polar surface area (TPSA) is 71.2 Å². The van der Waals surface area contributed by atoms with Crippen molar-refractivity contribution in [3.63, 3.8) is 0 Å². The van der Waals surface area contributed by atoms with Crippen LogP contribution in [0.25, 0.3) is 0 Å². The zero-order valence-corrected chi connectivity index (χ0v) is 13.2. The Kier molecular flexibility index (Phi) is 5.17. The van der Waals surface area contributed by atoms with Gasteiger partial charge in [0.2, 0.25) is 0 Å². The second-order valence-electron chi connectivity index (χ2n) is 6.12. The Morgan fingerprint density at radius 2 is 2.29 bits per heavy atom. The number of anilines is 1. The molecule has 0 radical (unpaired) electrons. The van der Waals surface area contributed by atoms with Gasteiger partial charge < -0.3 is 16.0 Å². The fourth-order valence-electron chi connectivity index (χ4n) is 2.71. The van der Waals surface area contributed by atoms with Crippen LogP contribution in [-0.2, 0) is 0 Å². The molecule has 1 aliphatic heterocycles. The standard InChI is InChI=1S/C16H26N4O/c1-4-20-6-5-12(10-20)9-18-16(21)13-7-14(11(2)3)19-15(17)8-13/h7-8,11-12H,4-6,9-10H2,1-3H3,(H2,17,19)(H,18,21). The normalized spacial score (nSPS) is 19.1. The molecule has 1 fully saturated rings. The van der Waals surface area contributed by atoms with Crippen molar-refractivity contribution in [3.05, 3.63) is 23.4 Å². The van der Waals surface area contributed by atoms with Crippen LogP contribution in [0.3, 0.4) is 0 Å². The van der Waals surface area contributed by atoms with Gasteiger partial charge in [0.05, 0.1) is 0 Å². The van der Waals surface area contributed by atoms with E-state index in [4.69, 9.17) is 5.73 Å². The third-order valence-corrected chi connectivity index (χ3v) is 4.09. The Bertz CT molecular complexity index is 501. The Morgan fingerprint density at radius 1 is 1.52 bits per heavy atom. The molecule has 21 heavy (non-hydrogen) atoms. The van der Waals surface area contributed by atoms with E-state index in [9.17, 15) is 4.79 Å². The van der Waals surface area contributed by atoms with E-state index in [1.165, 1.54) is 0 Å². The van der Waals surface area contributed by atoms with Gasteiger partial charge in [0.15, 0.2) is 0 Å². The zero-order chi connectivity index (χ0) is 15.4. The molecule has 2 heterocycles. The highest BCUT2D eigenvalue weighted by molar-refractivity contribution is 5.94. The third-order valence-electron chi connectivity index (χ3n) is 4.09. The minimum absolute atomic E-state index is 0.0547. The molecule has 1 aliphatic rings. The first-order valence-corrected chi connectivity index (χ1v) is 7.77. The molecule has 0 saturated carbocycles. The summed E-state index contributed by atoms with van der Waals surface area (Å²) in [4.78, 5) is 19.0. The highest BCUT2D eigenvalue weighted by Gasteiger charge is 2.21. The Hall–Kier alpha value is -1.62. The first-order valence-electron chi connectivity index (χ1n) is 7.77. The van der Waals surface area contributed by atoms with Crippen LogP contribution in [-0.4, -0.2) is 42.0 Å². The summed E-state index contributed by atoms with van der Waals surface area (Å²) >= 11 is 0. The number of likely N-dealkylation sites (tertiary alicyclic amines) is 1. The molecule has 5 nitrogen and oxygen atoms in total. The third kappa shape index (κ3) is 4.17. The molecule has 1 unspecified atom stereocenters. The highest BCUT2D eigenvalue weighted by atomic mass is 16.1.